The molecule has 4 nitrogen and oxygen atoms in total. The van der Waals surface area contributed by atoms with Crippen LogP contribution in [0, 0.1) is 6.92 Å². The molecule has 0 spiro atoms. The lowest BCUT2D eigenvalue weighted by molar-refractivity contribution is 0.202. The Morgan fingerprint density at radius 3 is 2.55 bits per heavy atom. The summed E-state index contributed by atoms with van der Waals surface area (Å²) >= 11 is 0. The molecule has 0 aliphatic rings. The van der Waals surface area contributed by atoms with E-state index in [4.69, 9.17) is 19.6 Å². The fraction of sp³-hybridized carbons (Fsp3) is 0.375. The van der Waals surface area contributed by atoms with Gasteiger partial charge in [-0.3, -0.25) is 0 Å². The highest BCUT2D eigenvalue weighted by molar-refractivity contribution is 5.28. The molecule has 0 saturated heterocycles. The molecular formula is C16H21NO3. The fourth-order valence-corrected chi connectivity index (χ4v) is 1.96. The van der Waals surface area contributed by atoms with Crippen LogP contribution < -0.4 is 10.5 Å². The summed E-state index contributed by atoms with van der Waals surface area (Å²) in [5.74, 6) is 2.50. The summed E-state index contributed by atoms with van der Waals surface area (Å²) in [7, 11) is 1.71. The van der Waals surface area contributed by atoms with Crippen molar-refractivity contribution in [2.24, 2.45) is 5.73 Å². The van der Waals surface area contributed by atoms with Gasteiger partial charge < -0.3 is 19.6 Å². The van der Waals surface area contributed by atoms with Crippen molar-refractivity contribution in [2.75, 3.05) is 13.7 Å². The standard InChI is InChI=1S/C16H21NO3/c1-12-14(9-16(10-17)20-12)11-19-15-5-3-13(4-6-15)7-8-18-2/h3-6,9H,7-8,10-11,17H2,1-2H3. The van der Waals surface area contributed by atoms with Crippen molar-refractivity contribution in [3.05, 3.63) is 53.0 Å². The third kappa shape index (κ3) is 3.85. The Balaban J connectivity index is 1.91. The molecule has 0 bridgehead atoms. The molecule has 2 N–H and O–H groups in total. The first-order valence-electron chi connectivity index (χ1n) is 6.72. The SMILES string of the molecule is COCCc1ccc(OCc2cc(CN)oc2C)cc1. The third-order valence-corrected chi connectivity index (χ3v) is 3.19. The van der Waals surface area contributed by atoms with Gasteiger partial charge in [-0.05, 0) is 37.1 Å². The van der Waals surface area contributed by atoms with Gasteiger partial charge in [-0.25, -0.2) is 0 Å². The fourth-order valence-electron chi connectivity index (χ4n) is 1.96. The molecule has 0 saturated carbocycles. The molecule has 0 amide bonds. The van der Waals surface area contributed by atoms with Crippen molar-refractivity contribution in [3.8, 4) is 5.75 Å². The second-order valence-corrected chi connectivity index (χ2v) is 4.67. The lowest BCUT2D eigenvalue weighted by Crippen LogP contribution is -1.97. The largest absolute Gasteiger partial charge is 0.489 e. The van der Waals surface area contributed by atoms with Gasteiger partial charge in [0.15, 0.2) is 0 Å². The van der Waals surface area contributed by atoms with E-state index >= 15 is 0 Å². The normalized spacial score (nSPS) is 10.8. The molecular weight excluding hydrogens is 254 g/mol. The van der Waals surface area contributed by atoms with E-state index in [-0.39, 0.29) is 0 Å². The van der Waals surface area contributed by atoms with Crippen molar-refractivity contribution in [2.45, 2.75) is 26.5 Å². The average Bonchev–Trinajstić information content (AvgIpc) is 2.84. The van der Waals surface area contributed by atoms with E-state index in [0.29, 0.717) is 13.2 Å². The predicted molar refractivity (Wildman–Crippen MR) is 77.7 cm³/mol. The number of aryl methyl sites for hydroxylation is 1. The Labute approximate surface area is 119 Å². The van der Waals surface area contributed by atoms with Gasteiger partial charge in [-0.2, -0.15) is 0 Å². The quantitative estimate of drug-likeness (QED) is 0.844. The van der Waals surface area contributed by atoms with E-state index < -0.39 is 0 Å². The van der Waals surface area contributed by atoms with Crippen LogP contribution in [-0.4, -0.2) is 13.7 Å². The molecule has 108 valence electrons. The highest BCUT2D eigenvalue weighted by Gasteiger charge is 2.07. The van der Waals surface area contributed by atoms with Crippen molar-refractivity contribution in [3.63, 3.8) is 0 Å². The van der Waals surface area contributed by atoms with Crippen molar-refractivity contribution < 1.29 is 13.9 Å². The van der Waals surface area contributed by atoms with E-state index in [1.165, 1.54) is 5.56 Å². The number of benzene rings is 1. The van der Waals surface area contributed by atoms with Crippen LogP contribution in [0.5, 0.6) is 5.75 Å². The molecule has 0 fully saturated rings. The van der Waals surface area contributed by atoms with Crippen LogP contribution >= 0.6 is 0 Å². The van der Waals surface area contributed by atoms with Crippen LogP contribution in [0.15, 0.2) is 34.7 Å². The van der Waals surface area contributed by atoms with Gasteiger partial charge in [-0.1, -0.05) is 12.1 Å². The summed E-state index contributed by atoms with van der Waals surface area (Å²) in [5, 5.41) is 0. The molecule has 0 unspecified atom stereocenters. The molecule has 0 aliphatic carbocycles. The Kier molecular flexibility index (Phi) is 5.21. The van der Waals surface area contributed by atoms with E-state index in [2.05, 4.69) is 12.1 Å². The van der Waals surface area contributed by atoms with Crippen LogP contribution in [0.1, 0.15) is 22.6 Å². The Bertz CT molecular complexity index is 531. The highest BCUT2D eigenvalue weighted by Crippen LogP contribution is 2.18. The number of ether oxygens (including phenoxy) is 2. The Morgan fingerprint density at radius 1 is 1.20 bits per heavy atom. The molecule has 0 atom stereocenters. The number of nitrogens with two attached hydrogens (primary N) is 1. The number of rotatable bonds is 7. The number of furan rings is 1. The Hall–Kier alpha value is -1.78. The maximum Gasteiger partial charge on any atom is 0.119 e. The van der Waals surface area contributed by atoms with Crippen molar-refractivity contribution >= 4 is 0 Å². The van der Waals surface area contributed by atoms with Gasteiger partial charge in [0.25, 0.3) is 0 Å². The smallest absolute Gasteiger partial charge is 0.119 e. The van der Waals surface area contributed by atoms with Crippen molar-refractivity contribution in [1.82, 2.24) is 0 Å². The second kappa shape index (κ2) is 7.12. The van der Waals surface area contributed by atoms with Crippen molar-refractivity contribution in [1.29, 1.82) is 0 Å². The van der Waals surface area contributed by atoms with E-state index in [0.717, 1.165) is 35.9 Å². The Morgan fingerprint density at radius 2 is 1.95 bits per heavy atom. The molecule has 1 aromatic carbocycles. The maximum atomic E-state index is 5.76. The van der Waals surface area contributed by atoms with Crippen LogP contribution in [0.25, 0.3) is 0 Å². The molecule has 0 radical (unpaired) electrons. The van der Waals surface area contributed by atoms with E-state index in [9.17, 15) is 0 Å². The predicted octanol–water partition coefficient (Wildman–Crippen LogP) is 2.81. The summed E-state index contributed by atoms with van der Waals surface area (Å²) in [6, 6.07) is 10.0. The van der Waals surface area contributed by atoms with Gasteiger partial charge in [0.05, 0.1) is 13.2 Å². The maximum absolute atomic E-state index is 5.76. The van der Waals surface area contributed by atoms with Gasteiger partial charge in [-0.15, -0.1) is 0 Å². The first kappa shape index (κ1) is 14.6. The zero-order valence-electron chi connectivity index (χ0n) is 12.0. The minimum atomic E-state index is 0.412. The first-order chi connectivity index (χ1) is 9.72. The summed E-state index contributed by atoms with van der Waals surface area (Å²) in [6.45, 7) is 3.56. The monoisotopic (exact) mass is 275 g/mol. The number of methoxy groups -OCH3 is 1. The van der Waals surface area contributed by atoms with Gasteiger partial charge in [0.2, 0.25) is 0 Å². The minimum Gasteiger partial charge on any atom is -0.489 e. The summed E-state index contributed by atoms with van der Waals surface area (Å²) in [4.78, 5) is 0. The first-order valence-corrected chi connectivity index (χ1v) is 6.72. The molecule has 2 aromatic rings. The zero-order chi connectivity index (χ0) is 14.4. The number of hydrogen-bond donors (Lipinski definition) is 1. The van der Waals surface area contributed by atoms with Gasteiger partial charge in [0, 0.05) is 12.7 Å². The molecule has 0 aliphatic heterocycles. The summed E-state index contributed by atoms with van der Waals surface area (Å²) in [5.41, 5.74) is 7.83. The highest BCUT2D eigenvalue weighted by atomic mass is 16.5. The van der Waals surface area contributed by atoms with Crippen LogP contribution in [0.4, 0.5) is 0 Å². The van der Waals surface area contributed by atoms with Gasteiger partial charge in [0.1, 0.15) is 23.9 Å². The summed E-state index contributed by atoms with van der Waals surface area (Å²) in [6.07, 6.45) is 0.914. The van der Waals surface area contributed by atoms with Crippen LogP contribution in [0.2, 0.25) is 0 Å². The van der Waals surface area contributed by atoms with Crippen LogP contribution in [-0.2, 0) is 24.3 Å². The van der Waals surface area contributed by atoms with E-state index in [1.807, 2.05) is 25.1 Å². The minimum absolute atomic E-state index is 0.412. The lowest BCUT2D eigenvalue weighted by Gasteiger charge is -2.06. The second-order valence-electron chi connectivity index (χ2n) is 4.67. The average molecular weight is 275 g/mol. The topological polar surface area (TPSA) is 57.6 Å². The zero-order valence-corrected chi connectivity index (χ0v) is 12.0. The molecule has 2 rings (SSSR count). The molecule has 1 aromatic heterocycles. The lowest BCUT2D eigenvalue weighted by atomic mass is 10.1. The summed E-state index contributed by atoms with van der Waals surface area (Å²) < 4.78 is 16.3. The van der Waals surface area contributed by atoms with Gasteiger partial charge >= 0.3 is 0 Å². The third-order valence-electron chi connectivity index (χ3n) is 3.19. The molecule has 20 heavy (non-hydrogen) atoms. The number of hydrogen-bond acceptors (Lipinski definition) is 4. The molecule has 4 heteroatoms. The van der Waals surface area contributed by atoms with E-state index in [1.54, 1.807) is 7.11 Å². The molecule has 1 heterocycles. The van der Waals surface area contributed by atoms with Crippen LogP contribution in [0.3, 0.4) is 0 Å².